The first kappa shape index (κ1) is 9.45. The van der Waals surface area contributed by atoms with Crippen molar-refractivity contribution in [3.8, 4) is 0 Å². The lowest BCUT2D eigenvalue weighted by atomic mass is 10.0. The van der Waals surface area contributed by atoms with Gasteiger partial charge >= 0.3 is 0 Å². The molecular formula is C8H15FN2O. The molecule has 3 nitrogen and oxygen atoms in total. The Bertz CT molecular complexity index is 182. The van der Waals surface area contributed by atoms with Gasteiger partial charge in [0.1, 0.15) is 6.67 Å². The maximum atomic E-state index is 12.1. The van der Waals surface area contributed by atoms with Crippen LogP contribution in [0.4, 0.5) is 4.39 Å². The molecule has 12 heavy (non-hydrogen) atoms. The monoisotopic (exact) mass is 174 g/mol. The van der Waals surface area contributed by atoms with Crippen molar-refractivity contribution < 1.29 is 9.18 Å². The topological polar surface area (TPSA) is 32.3 Å². The first-order chi connectivity index (χ1) is 5.56. The standard InChI is InChI=1S/C8H15FN2O/c1-8(2)6-10-7(12)5-11(8)4-3-9/h3-6H2,1-2H3,(H,10,12). The first-order valence-corrected chi connectivity index (χ1v) is 4.14. The van der Waals surface area contributed by atoms with Crippen molar-refractivity contribution in [2.75, 3.05) is 26.3 Å². The maximum absolute atomic E-state index is 12.1. The number of alkyl halides is 1. The molecule has 0 atom stereocenters. The minimum atomic E-state index is -0.392. The van der Waals surface area contributed by atoms with E-state index in [1.54, 1.807) is 0 Å². The molecule has 1 N–H and O–H groups in total. The van der Waals surface area contributed by atoms with E-state index in [2.05, 4.69) is 5.32 Å². The molecule has 0 saturated carbocycles. The highest BCUT2D eigenvalue weighted by atomic mass is 19.1. The Labute approximate surface area is 71.9 Å². The molecule has 0 aromatic heterocycles. The van der Waals surface area contributed by atoms with Gasteiger partial charge in [0.2, 0.25) is 5.91 Å². The molecule has 0 radical (unpaired) electrons. The van der Waals surface area contributed by atoms with Gasteiger partial charge in [-0.1, -0.05) is 0 Å². The van der Waals surface area contributed by atoms with Crippen molar-refractivity contribution in [3.63, 3.8) is 0 Å². The number of nitrogens with one attached hydrogen (secondary N) is 1. The molecule has 0 aromatic rings. The van der Waals surface area contributed by atoms with E-state index >= 15 is 0 Å². The highest BCUT2D eigenvalue weighted by Crippen LogP contribution is 2.15. The van der Waals surface area contributed by atoms with Crippen LogP contribution >= 0.6 is 0 Å². The summed E-state index contributed by atoms with van der Waals surface area (Å²) >= 11 is 0. The Morgan fingerprint density at radius 1 is 1.67 bits per heavy atom. The number of amides is 1. The van der Waals surface area contributed by atoms with Crippen LogP contribution < -0.4 is 5.32 Å². The number of nitrogens with zero attached hydrogens (tertiary/aromatic N) is 1. The van der Waals surface area contributed by atoms with E-state index in [1.165, 1.54) is 0 Å². The zero-order valence-corrected chi connectivity index (χ0v) is 7.56. The summed E-state index contributed by atoms with van der Waals surface area (Å²) < 4.78 is 12.1. The number of carbonyl (C=O) groups is 1. The Morgan fingerprint density at radius 2 is 2.33 bits per heavy atom. The minimum absolute atomic E-state index is 0.0113. The van der Waals surface area contributed by atoms with Crippen LogP contribution in [0, 0.1) is 0 Å². The lowest BCUT2D eigenvalue weighted by Crippen LogP contribution is -2.60. The van der Waals surface area contributed by atoms with Gasteiger partial charge in [-0.2, -0.15) is 0 Å². The van der Waals surface area contributed by atoms with Gasteiger partial charge in [0.15, 0.2) is 0 Å². The second-order valence-corrected chi connectivity index (χ2v) is 3.70. The number of carbonyl (C=O) groups excluding carboxylic acids is 1. The maximum Gasteiger partial charge on any atom is 0.234 e. The molecule has 0 aliphatic carbocycles. The predicted octanol–water partition coefficient (Wildman–Crippen LogP) is 0.166. The quantitative estimate of drug-likeness (QED) is 0.647. The molecule has 0 aromatic carbocycles. The molecule has 0 unspecified atom stereocenters. The SMILES string of the molecule is CC1(C)CNC(=O)CN1CCF. The molecule has 1 rings (SSSR count). The van der Waals surface area contributed by atoms with Crippen LogP contribution in [0.15, 0.2) is 0 Å². The molecule has 0 spiro atoms. The molecule has 1 heterocycles. The van der Waals surface area contributed by atoms with Gasteiger partial charge in [0.05, 0.1) is 6.54 Å². The van der Waals surface area contributed by atoms with E-state index < -0.39 is 6.67 Å². The summed E-state index contributed by atoms with van der Waals surface area (Å²) in [7, 11) is 0. The molecular weight excluding hydrogens is 159 g/mol. The molecule has 1 saturated heterocycles. The van der Waals surface area contributed by atoms with Crippen molar-refractivity contribution in [3.05, 3.63) is 0 Å². The van der Waals surface area contributed by atoms with Crippen LogP contribution in [-0.2, 0) is 4.79 Å². The number of rotatable bonds is 2. The van der Waals surface area contributed by atoms with Gasteiger partial charge < -0.3 is 5.32 Å². The third kappa shape index (κ3) is 1.94. The Kier molecular flexibility index (Phi) is 2.67. The molecule has 0 bridgehead atoms. The summed E-state index contributed by atoms with van der Waals surface area (Å²) in [5.74, 6) is -0.0113. The van der Waals surface area contributed by atoms with E-state index in [4.69, 9.17) is 0 Å². The van der Waals surface area contributed by atoms with Gasteiger partial charge in [-0.25, -0.2) is 4.39 Å². The fourth-order valence-electron chi connectivity index (χ4n) is 1.35. The van der Waals surface area contributed by atoms with Crippen LogP contribution in [-0.4, -0.2) is 42.7 Å². The lowest BCUT2D eigenvalue weighted by molar-refractivity contribution is -0.127. The van der Waals surface area contributed by atoms with E-state index in [1.807, 2.05) is 18.7 Å². The Hall–Kier alpha value is -0.640. The number of hydrogen-bond acceptors (Lipinski definition) is 2. The van der Waals surface area contributed by atoms with Gasteiger partial charge in [-0.15, -0.1) is 0 Å². The number of halogens is 1. The molecule has 70 valence electrons. The van der Waals surface area contributed by atoms with Crippen molar-refractivity contribution in [1.29, 1.82) is 0 Å². The summed E-state index contributed by atoms with van der Waals surface area (Å²) in [5.41, 5.74) is -0.111. The largest absolute Gasteiger partial charge is 0.353 e. The highest BCUT2D eigenvalue weighted by Gasteiger charge is 2.32. The second kappa shape index (κ2) is 3.39. The third-order valence-electron chi connectivity index (χ3n) is 2.26. The molecule has 1 fully saturated rings. The molecule has 1 amide bonds. The predicted molar refractivity (Wildman–Crippen MR) is 44.6 cm³/mol. The zero-order valence-electron chi connectivity index (χ0n) is 7.56. The summed E-state index contributed by atoms with van der Waals surface area (Å²) in [6, 6.07) is 0. The first-order valence-electron chi connectivity index (χ1n) is 4.14. The average molecular weight is 174 g/mol. The third-order valence-corrected chi connectivity index (χ3v) is 2.26. The van der Waals surface area contributed by atoms with Crippen molar-refractivity contribution in [2.24, 2.45) is 0 Å². The Morgan fingerprint density at radius 3 is 2.92 bits per heavy atom. The molecule has 1 aliphatic heterocycles. The fourth-order valence-corrected chi connectivity index (χ4v) is 1.35. The van der Waals surface area contributed by atoms with E-state index in [9.17, 15) is 9.18 Å². The van der Waals surface area contributed by atoms with Crippen molar-refractivity contribution >= 4 is 5.91 Å². The van der Waals surface area contributed by atoms with E-state index in [-0.39, 0.29) is 11.4 Å². The average Bonchev–Trinajstić information content (AvgIpc) is 1.98. The highest BCUT2D eigenvalue weighted by molar-refractivity contribution is 5.79. The summed E-state index contributed by atoms with van der Waals surface area (Å²) in [6.45, 7) is 4.88. The van der Waals surface area contributed by atoms with Crippen molar-refractivity contribution in [1.82, 2.24) is 10.2 Å². The van der Waals surface area contributed by atoms with Crippen molar-refractivity contribution in [2.45, 2.75) is 19.4 Å². The fraction of sp³-hybridized carbons (Fsp3) is 0.875. The van der Waals surface area contributed by atoms with Crippen LogP contribution in [0.2, 0.25) is 0 Å². The smallest absolute Gasteiger partial charge is 0.234 e. The summed E-state index contributed by atoms with van der Waals surface area (Å²) in [6.07, 6.45) is 0. The zero-order chi connectivity index (χ0) is 9.19. The van der Waals surface area contributed by atoms with Crippen LogP contribution in [0.25, 0.3) is 0 Å². The lowest BCUT2D eigenvalue weighted by Gasteiger charge is -2.41. The summed E-state index contributed by atoms with van der Waals surface area (Å²) in [5, 5.41) is 2.76. The number of piperazine rings is 1. The molecule has 4 heteroatoms. The normalized spacial score (nSPS) is 23.8. The van der Waals surface area contributed by atoms with Gasteiger partial charge in [-0.3, -0.25) is 9.69 Å². The van der Waals surface area contributed by atoms with Crippen LogP contribution in [0.5, 0.6) is 0 Å². The van der Waals surface area contributed by atoms with Gasteiger partial charge in [-0.05, 0) is 13.8 Å². The number of hydrogen-bond donors (Lipinski definition) is 1. The van der Waals surface area contributed by atoms with E-state index in [0.717, 1.165) is 0 Å². The van der Waals surface area contributed by atoms with Crippen LogP contribution in [0.3, 0.4) is 0 Å². The summed E-state index contributed by atoms with van der Waals surface area (Å²) in [4.78, 5) is 12.8. The second-order valence-electron chi connectivity index (χ2n) is 3.70. The van der Waals surface area contributed by atoms with Gasteiger partial charge in [0.25, 0.3) is 0 Å². The minimum Gasteiger partial charge on any atom is -0.353 e. The van der Waals surface area contributed by atoms with Crippen LogP contribution in [0.1, 0.15) is 13.8 Å². The van der Waals surface area contributed by atoms with Gasteiger partial charge in [0, 0.05) is 18.6 Å². The molecule has 1 aliphatic rings. The van der Waals surface area contributed by atoms with E-state index in [0.29, 0.717) is 19.6 Å². The Balaban J connectivity index is 2.58.